The summed E-state index contributed by atoms with van der Waals surface area (Å²) in [6.07, 6.45) is 1.62. The summed E-state index contributed by atoms with van der Waals surface area (Å²) in [5, 5.41) is 10.4. The Hall–Kier alpha value is -6.12. The van der Waals surface area contributed by atoms with Crippen LogP contribution in [0, 0.1) is 0 Å². The van der Waals surface area contributed by atoms with Crippen molar-refractivity contribution in [3.63, 3.8) is 0 Å². The summed E-state index contributed by atoms with van der Waals surface area (Å²) in [5.41, 5.74) is 3.58. The van der Waals surface area contributed by atoms with Crippen LogP contribution in [0.4, 0.5) is 11.4 Å². The van der Waals surface area contributed by atoms with Crippen molar-refractivity contribution in [2.75, 3.05) is 10.6 Å². The maximum Gasteiger partial charge on any atom is 0.272 e. The molecule has 0 aliphatic rings. The lowest BCUT2D eigenvalue weighted by atomic mass is 10.1. The molecule has 0 heterocycles. The number of fused-ring (bicyclic) bond motifs is 1. The Bertz CT molecular complexity index is 2110. The van der Waals surface area contributed by atoms with Crippen LogP contribution in [0.2, 0.25) is 0 Å². The van der Waals surface area contributed by atoms with E-state index in [0.717, 1.165) is 26.9 Å². The van der Waals surface area contributed by atoms with Crippen molar-refractivity contribution >= 4 is 57.7 Å². The van der Waals surface area contributed by atoms with Crippen LogP contribution in [0.5, 0.6) is 5.75 Å². The van der Waals surface area contributed by atoms with Crippen LogP contribution in [0.15, 0.2) is 162 Å². The van der Waals surface area contributed by atoms with Gasteiger partial charge in [0, 0.05) is 27.2 Å². The van der Waals surface area contributed by atoms with Gasteiger partial charge in [-0.25, -0.2) is 0 Å². The number of amides is 3. The van der Waals surface area contributed by atoms with E-state index in [1.807, 2.05) is 122 Å². The summed E-state index contributed by atoms with van der Waals surface area (Å²) in [7, 11) is 0. The fraction of sp³-hybridized carbons (Fsp3) is 0.0714. The number of carbonyl (C=O) groups excluding carboxylic acids is 3. The summed E-state index contributed by atoms with van der Waals surface area (Å²) in [4.78, 5) is 40.6. The Balaban J connectivity index is 1.11. The van der Waals surface area contributed by atoms with E-state index >= 15 is 0 Å². The molecule has 0 spiro atoms. The predicted molar refractivity (Wildman–Crippen MR) is 202 cm³/mol. The normalized spacial score (nSPS) is 11.7. The van der Waals surface area contributed by atoms with E-state index in [0.29, 0.717) is 29.2 Å². The Morgan fingerprint density at radius 1 is 0.700 bits per heavy atom. The van der Waals surface area contributed by atoms with E-state index in [2.05, 4.69) is 16.0 Å². The number of benzene rings is 6. The Kier molecular flexibility index (Phi) is 11.0. The van der Waals surface area contributed by atoms with Crippen molar-refractivity contribution in [1.82, 2.24) is 5.32 Å². The van der Waals surface area contributed by atoms with Crippen LogP contribution in [-0.2, 0) is 16.2 Å². The zero-order valence-corrected chi connectivity index (χ0v) is 28.2. The number of rotatable bonds is 12. The second-order valence-electron chi connectivity index (χ2n) is 11.5. The minimum atomic E-state index is -0.484. The molecule has 0 saturated heterocycles. The third-order valence-corrected chi connectivity index (χ3v) is 8.92. The van der Waals surface area contributed by atoms with E-state index in [1.54, 1.807) is 42.5 Å². The first-order valence-electron chi connectivity index (χ1n) is 16.1. The van der Waals surface area contributed by atoms with Crippen molar-refractivity contribution in [2.24, 2.45) is 0 Å². The van der Waals surface area contributed by atoms with Crippen molar-refractivity contribution < 1.29 is 19.1 Å². The molecule has 1 atom stereocenters. The van der Waals surface area contributed by atoms with Gasteiger partial charge in [-0.05, 0) is 84.1 Å². The molecule has 7 nitrogen and oxygen atoms in total. The number of hydrogen-bond donors (Lipinski definition) is 3. The number of carbonyl (C=O) groups is 3. The van der Waals surface area contributed by atoms with Gasteiger partial charge in [0.15, 0.2) is 0 Å². The minimum Gasteiger partial charge on any atom is -0.489 e. The molecule has 0 saturated carbocycles. The van der Waals surface area contributed by atoms with Gasteiger partial charge in [0.1, 0.15) is 18.1 Å². The molecule has 8 heteroatoms. The third kappa shape index (κ3) is 9.06. The second-order valence-corrected chi connectivity index (χ2v) is 12.9. The lowest BCUT2D eigenvalue weighted by molar-refractivity contribution is -0.115. The van der Waals surface area contributed by atoms with Gasteiger partial charge in [0.2, 0.25) is 5.91 Å². The highest BCUT2D eigenvalue weighted by atomic mass is 32.2. The molecule has 6 aromatic carbocycles. The predicted octanol–water partition coefficient (Wildman–Crippen LogP) is 8.95. The van der Waals surface area contributed by atoms with Gasteiger partial charge in [0.05, 0.1) is 5.25 Å². The standard InChI is InChI=1S/C42H35N3O4S/c1-29(40(46)44-38-18-10-16-32-13-8-9-17-37(32)38)50-36-25-21-34(22-26-36)43-42(48)39(45-41(47)33-14-6-3-7-15-33)27-30-19-23-35(24-20-30)49-28-31-11-4-2-5-12-31/h2-27,29H,28H2,1H3,(H,43,48)(H,44,46)(H,45,47)/b39-27-. The van der Waals surface area contributed by atoms with Gasteiger partial charge < -0.3 is 20.7 Å². The van der Waals surface area contributed by atoms with Crippen LogP contribution < -0.4 is 20.7 Å². The molecule has 248 valence electrons. The van der Waals surface area contributed by atoms with Gasteiger partial charge in [-0.2, -0.15) is 0 Å². The smallest absolute Gasteiger partial charge is 0.272 e. The molecule has 6 aromatic rings. The lowest BCUT2D eigenvalue weighted by Gasteiger charge is -2.14. The van der Waals surface area contributed by atoms with Crippen molar-refractivity contribution in [3.05, 3.63) is 174 Å². The van der Waals surface area contributed by atoms with Gasteiger partial charge in [0.25, 0.3) is 11.8 Å². The Morgan fingerprint density at radius 2 is 1.36 bits per heavy atom. The Labute approximate surface area is 295 Å². The van der Waals surface area contributed by atoms with Crippen LogP contribution in [-0.4, -0.2) is 23.0 Å². The van der Waals surface area contributed by atoms with Gasteiger partial charge in [-0.15, -0.1) is 11.8 Å². The minimum absolute atomic E-state index is 0.0778. The first kappa shape index (κ1) is 33.8. The van der Waals surface area contributed by atoms with Crippen molar-refractivity contribution in [3.8, 4) is 5.75 Å². The zero-order valence-electron chi connectivity index (χ0n) is 27.3. The number of hydrogen-bond acceptors (Lipinski definition) is 5. The topological polar surface area (TPSA) is 96.5 Å². The fourth-order valence-electron chi connectivity index (χ4n) is 5.15. The second kappa shape index (κ2) is 16.3. The molecule has 6 rings (SSSR count). The largest absolute Gasteiger partial charge is 0.489 e. The maximum atomic E-state index is 13.6. The molecule has 0 fully saturated rings. The van der Waals surface area contributed by atoms with E-state index in [9.17, 15) is 14.4 Å². The lowest BCUT2D eigenvalue weighted by Crippen LogP contribution is -2.30. The highest BCUT2D eigenvalue weighted by Crippen LogP contribution is 2.28. The first-order chi connectivity index (χ1) is 24.4. The monoisotopic (exact) mass is 677 g/mol. The summed E-state index contributed by atoms with van der Waals surface area (Å²) >= 11 is 1.42. The summed E-state index contributed by atoms with van der Waals surface area (Å²) in [5.74, 6) is -0.314. The zero-order chi connectivity index (χ0) is 34.7. The average molecular weight is 678 g/mol. The first-order valence-corrected chi connectivity index (χ1v) is 17.0. The van der Waals surface area contributed by atoms with Gasteiger partial charge >= 0.3 is 0 Å². The van der Waals surface area contributed by atoms with E-state index in [-0.39, 0.29) is 16.9 Å². The molecule has 0 aliphatic heterocycles. The number of anilines is 2. The molecule has 0 radical (unpaired) electrons. The number of thioether (sulfide) groups is 1. The molecule has 0 aliphatic carbocycles. The number of ether oxygens (including phenoxy) is 1. The highest BCUT2D eigenvalue weighted by Gasteiger charge is 2.17. The fourth-order valence-corrected chi connectivity index (χ4v) is 6.02. The van der Waals surface area contributed by atoms with E-state index in [4.69, 9.17) is 4.74 Å². The molecular weight excluding hydrogens is 643 g/mol. The summed E-state index contributed by atoms with van der Waals surface area (Å²) < 4.78 is 5.90. The van der Waals surface area contributed by atoms with Gasteiger partial charge in [-0.3, -0.25) is 14.4 Å². The van der Waals surface area contributed by atoms with Crippen LogP contribution >= 0.6 is 11.8 Å². The van der Waals surface area contributed by atoms with E-state index in [1.165, 1.54) is 11.8 Å². The molecule has 3 amide bonds. The van der Waals surface area contributed by atoms with Crippen LogP contribution in [0.1, 0.15) is 28.4 Å². The van der Waals surface area contributed by atoms with E-state index < -0.39 is 11.8 Å². The Morgan fingerprint density at radius 3 is 2.10 bits per heavy atom. The highest BCUT2D eigenvalue weighted by molar-refractivity contribution is 8.00. The van der Waals surface area contributed by atoms with Crippen molar-refractivity contribution in [2.45, 2.75) is 23.7 Å². The molecule has 1 unspecified atom stereocenters. The van der Waals surface area contributed by atoms with Crippen molar-refractivity contribution in [1.29, 1.82) is 0 Å². The molecule has 0 bridgehead atoms. The van der Waals surface area contributed by atoms with Gasteiger partial charge in [-0.1, -0.05) is 97.1 Å². The van der Waals surface area contributed by atoms with Crippen LogP contribution in [0.3, 0.4) is 0 Å². The molecular formula is C42H35N3O4S. The third-order valence-electron chi connectivity index (χ3n) is 7.81. The quantitative estimate of drug-likeness (QED) is 0.0888. The summed E-state index contributed by atoms with van der Waals surface area (Å²) in [6, 6.07) is 46.9. The average Bonchev–Trinajstić information content (AvgIpc) is 3.16. The molecule has 3 N–H and O–H groups in total. The SMILES string of the molecule is CC(Sc1ccc(NC(=O)/C(=C/c2ccc(OCc3ccccc3)cc2)NC(=O)c2ccccc2)cc1)C(=O)Nc1cccc2ccccc12. The molecule has 0 aromatic heterocycles. The van der Waals surface area contributed by atoms with Crippen LogP contribution in [0.25, 0.3) is 16.8 Å². The number of nitrogens with one attached hydrogen (secondary N) is 3. The molecule has 50 heavy (non-hydrogen) atoms. The summed E-state index contributed by atoms with van der Waals surface area (Å²) in [6.45, 7) is 2.29. The maximum absolute atomic E-state index is 13.6.